The number of aryl methyl sites for hydroxylation is 1. The molecule has 5 rings (SSSR count). The molecule has 0 saturated heterocycles. The van der Waals surface area contributed by atoms with E-state index in [4.69, 9.17) is 4.52 Å². The summed E-state index contributed by atoms with van der Waals surface area (Å²) in [6.45, 7) is 0.468. The molecule has 1 amide bonds. The van der Waals surface area contributed by atoms with Crippen LogP contribution < -0.4 is 5.32 Å². The van der Waals surface area contributed by atoms with E-state index in [1.807, 2.05) is 42.6 Å². The fourth-order valence-electron chi connectivity index (χ4n) is 4.07. The number of nitrogens with one attached hydrogen (secondary N) is 2. The van der Waals surface area contributed by atoms with Crippen LogP contribution in [0, 0.1) is 5.82 Å². The minimum atomic E-state index is -0.328. The molecule has 170 valence electrons. The highest BCUT2D eigenvalue weighted by Crippen LogP contribution is 2.30. The average Bonchev–Trinajstić information content (AvgIpc) is 3.52. The lowest BCUT2D eigenvalue weighted by atomic mass is 9.91. The highest BCUT2D eigenvalue weighted by molar-refractivity contribution is 5.84. The summed E-state index contributed by atoms with van der Waals surface area (Å²) in [6.07, 6.45) is 2.56. The van der Waals surface area contributed by atoms with Gasteiger partial charge in [0.2, 0.25) is 17.6 Å². The van der Waals surface area contributed by atoms with E-state index in [1.54, 1.807) is 12.1 Å². The SMILES string of the molecule is O=C(CCc1nc(-c2ccc(F)cc2)no1)NCC(c1ccccc1)c1c[nH]c2ccccc12. The van der Waals surface area contributed by atoms with E-state index in [-0.39, 0.29) is 24.1 Å². The van der Waals surface area contributed by atoms with Crippen molar-refractivity contribution in [2.75, 3.05) is 6.54 Å². The maximum atomic E-state index is 13.1. The van der Waals surface area contributed by atoms with Crippen LogP contribution in [0.2, 0.25) is 0 Å². The minimum Gasteiger partial charge on any atom is -0.361 e. The smallest absolute Gasteiger partial charge is 0.227 e. The molecule has 0 radical (unpaired) electrons. The summed E-state index contributed by atoms with van der Waals surface area (Å²) in [5, 5.41) is 8.14. The molecule has 3 aromatic carbocycles. The third kappa shape index (κ3) is 4.73. The third-order valence-corrected chi connectivity index (χ3v) is 5.84. The monoisotopic (exact) mass is 454 g/mol. The van der Waals surface area contributed by atoms with Crippen LogP contribution in [0.3, 0.4) is 0 Å². The number of hydrogen-bond acceptors (Lipinski definition) is 4. The number of carbonyl (C=O) groups excluding carboxylic acids is 1. The molecule has 1 unspecified atom stereocenters. The van der Waals surface area contributed by atoms with Crippen LogP contribution in [0.5, 0.6) is 0 Å². The standard InChI is InChI=1S/C27H23FN4O2/c28-20-12-10-19(11-13-20)27-31-26(34-32-27)15-14-25(33)30-16-22(18-6-2-1-3-7-18)23-17-29-24-9-5-4-8-21(23)24/h1-13,17,22,29H,14-16H2,(H,30,33). The van der Waals surface area contributed by atoms with E-state index < -0.39 is 0 Å². The first kappa shape index (κ1) is 21.6. The van der Waals surface area contributed by atoms with Gasteiger partial charge in [-0.25, -0.2) is 4.39 Å². The van der Waals surface area contributed by atoms with Gasteiger partial charge in [-0.3, -0.25) is 4.79 Å². The number of benzene rings is 3. The molecule has 0 spiro atoms. The first-order valence-electron chi connectivity index (χ1n) is 11.1. The van der Waals surface area contributed by atoms with Crippen molar-refractivity contribution in [2.45, 2.75) is 18.8 Å². The van der Waals surface area contributed by atoms with Gasteiger partial charge in [0, 0.05) is 48.0 Å². The molecule has 0 aliphatic rings. The van der Waals surface area contributed by atoms with Gasteiger partial charge in [-0.05, 0) is 41.5 Å². The number of hydrogen-bond donors (Lipinski definition) is 2. The molecule has 7 heteroatoms. The Hall–Kier alpha value is -4.26. The van der Waals surface area contributed by atoms with E-state index in [2.05, 4.69) is 38.6 Å². The number of para-hydroxylation sites is 1. The molecule has 1 atom stereocenters. The highest BCUT2D eigenvalue weighted by Gasteiger charge is 2.19. The zero-order valence-corrected chi connectivity index (χ0v) is 18.4. The quantitative estimate of drug-likeness (QED) is 0.336. The van der Waals surface area contributed by atoms with Gasteiger partial charge < -0.3 is 14.8 Å². The Morgan fingerprint density at radius 3 is 2.59 bits per heavy atom. The Balaban J connectivity index is 1.24. The highest BCUT2D eigenvalue weighted by atomic mass is 19.1. The van der Waals surface area contributed by atoms with Gasteiger partial charge in [0.15, 0.2) is 0 Å². The first-order valence-corrected chi connectivity index (χ1v) is 11.1. The number of H-pyrrole nitrogens is 1. The summed E-state index contributed by atoms with van der Waals surface area (Å²) >= 11 is 0. The summed E-state index contributed by atoms with van der Waals surface area (Å²) in [5.74, 6) is 0.326. The topological polar surface area (TPSA) is 83.8 Å². The Bertz CT molecular complexity index is 1390. The van der Waals surface area contributed by atoms with Crippen molar-refractivity contribution in [2.24, 2.45) is 0 Å². The van der Waals surface area contributed by atoms with E-state index in [1.165, 1.54) is 12.1 Å². The summed E-state index contributed by atoms with van der Waals surface area (Å²) in [7, 11) is 0. The number of aromatic nitrogens is 3. The summed E-state index contributed by atoms with van der Waals surface area (Å²) < 4.78 is 18.4. The van der Waals surface area contributed by atoms with Crippen molar-refractivity contribution in [3.63, 3.8) is 0 Å². The van der Waals surface area contributed by atoms with Gasteiger partial charge in [0.1, 0.15) is 5.82 Å². The second-order valence-corrected chi connectivity index (χ2v) is 8.08. The Labute approximate surface area is 195 Å². The van der Waals surface area contributed by atoms with Gasteiger partial charge >= 0.3 is 0 Å². The molecule has 0 aliphatic carbocycles. The van der Waals surface area contributed by atoms with E-state index in [0.717, 1.165) is 22.0 Å². The zero-order valence-electron chi connectivity index (χ0n) is 18.4. The number of halogens is 1. The van der Waals surface area contributed by atoms with Gasteiger partial charge in [0.05, 0.1) is 0 Å². The van der Waals surface area contributed by atoms with E-state index >= 15 is 0 Å². The molecular formula is C27H23FN4O2. The zero-order chi connectivity index (χ0) is 23.3. The van der Waals surface area contributed by atoms with Crippen molar-refractivity contribution in [3.05, 3.63) is 108 Å². The molecule has 2 N–H and O–H groups in total. The van der Waals surface area contributed by atoms with Crippen LogP contribution in [0.4, 0.5) is 4.39 Å². The fraction of sp³-hybridized carbons (Fsp3) is 0.148. The summed E-state index contributed by atoms with van der Waals surface area (Å²) in [4.78, 5) is 20.3. The molecule has 0 fully saturated rings. The minimum absolute atomic E-state index is 0.00906. The lowest BCUT2D eigenvalue weighted by molar-refractivity contribution is -0.121. The molecule has 34 heavy (non-hydrogen) atoms. The molecule has 2 aromatic heterocycles. The largest absolute Gasteiger partial charge is 0.361 e. The van der Waals surface area contributed by atoms with Crippen LogP contribution in [-0.2, 0) is 11.2 Å². The van der Waals surface area contributed by atoms with Crippen molar-refractivity contribution in [1.82, 2.24) is 20.4 Å². The second kappa shape index (κ2) is 9.70. The first-order chi connectivity index (χ1) is 16.7. The lowest BCUT2D eigenvalue weighted by Crippen LogP contribution is -2.29. The molecular weight excluding hydrogens is 431 g/mol. The molecule has 0 saturated carbocycles. The number of carbonyl (C=O) groups is 1. The molecule has 2 heterocycles. The predicted molar refractivity (Wildman–Crippen MR) is 128 cm³/mol. The Morgan fingerprint density at radius 2 is 1.76 bits per heavy atom. The van der Waals surface area contributed by atoms with Gasteiger partial charge in [-0.1, -0.05) is 53.7 Å². The van der Waals surface area contributed by atoms with Gasteiger partial charge in [-0.2, -0.15) is 4.98 Å². The van der Waals surface area contributed by atoms with Crippen LogP contribution in [-0.4, -0.2) is 27.6 Å². The number of nitrogens with zero attached hydrogens (tertiary/aromatic N) is 2. The van der Waals surface area contributed by atoms with Crippen LogP contribution in [0.25, 0.3) is 22.3 Å². The van der Waals surface area contributed by atoms with Gasteiger partial charge in [-0.15, -0.1) is 0 Å². The Kier molecular flexibility index (Phi) is 6.16. The number of rotatable bonds is 8. The maximum absolute atomic E-state index is 13.1. The lowest BCUT2D eigenvalue weighted by Gasteiger charge is -2.18. The molecule has 0 aliphatic heterocycles. The van der Waals surface area contributed by atoms with Crippen LogP contribution >= 0.6 is 0 Å². The normalized spacial score (nSPS) is 12.0. The second-order valence-electron chi connectivity index (χ2n) is 8.08. The van der Waals surface area contributed by atoms with Crippen molar-refractivity contribution in [3.8, 4) is 11.4 Å². The van der Waals surface area contributed by atoms with Crippen molar-refractivity contribution < 1.29 is 13.7 Å². The van der Waals surface area contributed by atoms with E-state index in [0.29, 0.717) is 30.2 Å². The fourth-order valence-corrected chi connectivity index (χ4v) is 4.07. The number of aromatic amines is 1. The number of amides is 1. The predicted octanol–water partition coefficient (Wildman–Crippen LogP) is 5.24. The third-order valence-electron chi connectivity index (χ3n) is 5.84. The van der Waals surface area contributed by atoms with Crippen LogP contribution in [0.15, 0.2) is 89.6 Å². The Morgan fingerprint density at radius 1 is 1.00 bits per heavy atom. The van der Waals surface area contributed by atoms with Crippen LogP contribution in [0.1, 0.15) is 29.4 Å². The molecule has 5 aromatic rings. The van der Waals surface area contributed by atoms with Gasteiger partial charge in [0.25, 0.3) is 0 Å². The average molecular weight is 455 g/mol. The van der Waals surface area contributed by atoms with E-state index in [9.17, 15) is 9.18 Å². The van der Waals surface area contributed by atoms with Crippen molar-refractivity contribution in [1.29, 1.82) is 0 Å². The molecule has 0 bridgehead atoms. The maximum Gasteiger partial charge on any atom is 0.227 e. The van der Waals surface area contributed by atoms with Crippen molar-refractivity contribution >= 4 is 16.8 Å². The summed E-state index contributed by atoms with van der Waals surface area (Å²) in [5.41, 5.74) is 4.00. The number of fused-ring (bicyclic) bond motifs is 1. The summed E-state index contributed by atoms with van der Waals surface area (Å²) in [6, 6.07) is 24.2. The molecule has 6 nitrogen and oxygen atoms in total.